The molecule has 0 saturated carbocycles. The van der Waals surface area contributed by atoms with Crippen LogP contribution in [-0.4, -0.2) is 15.3 Å². The van der Waals surface area contributed by atoms with Gasteiger partial charge in [0.1, 0.15) is 0 Å². The van der Waals surface area contributed by atoms with E-state index in [-0.39, 0.29) is 11.5 Å². The molecule has 1 aromatic carbocycles. The van der Waals surface area contributed by atoms with Crippen LogP contribution < -0.4 is 10.9 Å². The lowest BCUT2D eigenvalue weighted by Gasteiger charge is -2.11. The number of aryl methyl sites for hydroxylation is 2. The van der Waals surface area contributed by atoms with Gasteiger partial charge in [-0.25, -0.2) is 4.98 Å². The summed E-state index contributed by atoms with van der Waals surface area (Å²) in [7, 11) is 0. The van der Waals surface area contributed by atoms with E-state index in [9.17, 15) is 9.59 Å². The molecule has 0 atom stereocenters. The number of amides is 1. The Morgan fingerprint density at radius 3 is 2.97 bits per heavy atom. The van der Waals surface area contributed by atoms with Gasteiger partial charge >= 0.3 is 0 Å². The summed E-state index contributed by atoms with van der Waals surface area (Å²) in [5, 5.41) is 3.01. The van der Waals surface area contributed by atoms with Gasteiger partial charge in [0, 0.05) is 33.7 Å². The lowest BCUT2D eigenvalue weighted by molar-refractivity contribution is -0.116. The summed E-state index contributed by atoms with van der Waals surface area (Å²) in [6, 6.07) is 9.46. The summed E-state index contributed by atoms with van der Waals surface area (Å²) >= 11 is 3.25. The fourth-order valence-corrected chi connectivity index (χ4v) is 5.75. The summed E-state index contributed by atoms with van der Waals surface area (Å²) in [6.45, 7) is 2.08. The summed E-state index contributed by atoms with van der Waals surface area (Å²) < 4.78 is 1.80. The summed E-state index contributed by atoms with van der Waals surface area (Å²) in [5.41, 5.74) is 2.79. The number of unbranched alkanes of at least 4 members (excludes halogenated alkanes) is 1. The Hall–Kier alpha value is -2.12. The normalized spacial score (nSPS) is 13.4. The number of carbonyl (C=O) groups is 1. The van der Waals surface area contributed by atoms with E-state index in [4.69, 9.17) is 4.98 Å². The van der Waals surface area contributed by atoms with Crippen LogP contribution in [0, 0.1) is 0 Å². The van der Waals surface area contributed by atoms with Crippen molar-refractivity contribution in [3.8, 4) is 0 Å². The number of thioether (sulfide) groups is 1. The third kappa shape index (κ3) is 4.56. The Morgan fingerprint density at radius 2 is 2.10 bits per heavy atom. The SMILES string of the molecule is CCCCC(=O)Nc1ccccc1SCc1cc(=O)n2c3c(sc2n1)CCCC3. The number of anilines is 1. The highest BCUT2D eigenvalue weighted by atomic mass is 32.2. The minimum absolute atomic E-state index is 0.0196. The molecule has 1 amide bonds. The van der Waals surface area contributed by atoms with Crippen LogP contribution in [0.5, 0.6) is 0 Å². The zero-order chi connectivity index (χ0) is 20.2. The molecule has 1 aliphatic rings. The van der Waals surface area contributed by atoms with Gasteiger partial charge in [0.25, 0.3) is 5.56 Å². The average molecular weight is 428 g/mol. The van der Waals surface area contributed by atoms with Gasteiger partial charge in [0.2, 0.25) is 5.91 Å². The first-order chi connectivity index (χ1) is 14.2. The second-order valence-electron chi connectivity index (χ2n) is 7.32. The molecule has 1 N–H and O–H groups in total. The van der Waals surface area contributed by atoms with Crippen LogP contribution >= 0.6 is 23.1 Å². The first-order valence-corrected chi connectivity index (χ1v) is 12.0. The molecule has 0 saturated heterocycles. The molecule has 0 fully saturated rings. The molecule has 7 heteroatoms. The van der Waals surface area contributed by atoms with Crippen molar-refractivity contribution >= 4 is 39.7 Å². The maximum Gasteiger partial charge on any atom is 0.259 e. The van der Waals surface area contributed by atoms with E-state index in [1.54, 1.807) is 33.6 Å². The van der Waals surface area contributed by atoms with E-state index in [1.165, 1.54) is 11.3 Å². The fraction of sp³-hybridized carbons (Fsp3) is 0.409. The molecule has 0 aliphatic heterocycles. The summed E-state index contributed by atoms with van der Waals surface area (Å²) in [6.07, 6.45) is 6.78. The molecular formula is C22H25N3O2S2. The van der Waals surface area contributed by atoms with Crippen LogP contribution in [-0.2, 0) is 23.4 Å². The van der Waals surface area contributed by atoms with Gasteiger partial charge in [-0.05, 0) is 44.2 Å². The number of nitrogens with one attached hydrogen (secondary N) is 1. The minimum atomic E-state index is 0.0196. The molecule has 2 heterocycles. The van der Waals surface area contributed by atoms with E-state index in [0.29, 0.717) is 12.2 Å². The first-order valence-electron chi connectivity index (χ1n) is 10.2. The molecule has 0 bridgehead atoms. The number of rotatable bonds is 7. The Morgan fingerprint density at radius 1 is 1.28 bits per heavy atom. The van der Waals surface area contributed by atoms with E-state index < -0.39 is 0 Å². The number of aromatic nitrogens is 2. The fourth-order valence-electron chi connectivity index (χ4n) is 3.61. The Balaban J connectivity index is 1.52. The van der Waals surface area contributed by atoms with Gasteiger partial charge in [0.05, 0.1) is 11.4 Å². The van der Waals surface area contributed by atoms with Crippen molar-refractivity contribution in [3.63, 3.8) is 0 Å². The molecule has 29 heavy (non-hydrogen) atoms. The number of nitrogens with zero attached hydrogens (tertiary/aromatic N) is 2. The molecule has 4 rings (SSSR count). The van der Waals surface area contributed by atoms with Gasteiger partial charge in [-0.3, -0.25) is 14.0 Å². The number of hydrogen-bond donors (Lipinski definition) is 1. The zero-order valence-corrected chi connectivity index (χ0v) is 18.2. The number of benzene rings is 1. The standard InChI is InChI=1S/C22H25N3O2S2/c1-2-3-12-20(26)24-16-8-4-6-10-18(16)28-14-15-13-21(27)25-17-9-5-7-11-19(17)29-22(25)23-15/h4,6,8,10,13H,2-3,5,7,9,11-12,14H2,1H3,(H,24,26). The zero-order valence-electron chi connectivity index (χ0n) is 16.6. The van der Waals surface area contributed by atoms with Gasteiger partial charge in [-0.1, -0.05) is 25.5 Å². The van der Waals surface area contributed by atoms with Crippen molar-refractivity contribution < 1.29 is 4.79 Å². The molecule has 152 valence electrons. The molecule has 0 radical (unpaired) electrons. The second-order valence-corrected chi connectivity index (χ2v) is 9.40. The molecule has 0 unspecified atom stereocenters. The van der Waals surface area contributed by atoms with E-state index >= 15 is 0 Å². The molecule has 0 spiro atoms. The topological polar surface area (TPSA) is 63.5 Å². The highest BCUT2D eigenvalue weighted by molar-refractivity contribution is 7.98. The van der Waals surface area contributed by atoms with Crippen LogP contribution in [0.3, 0.4) is 0 Å². The largest absolute Gasteiger partial charge is 0.325 e. The highest BCUT2D eigenvalue weighted by Crippen LogP contribution is 2.31. The average Bonchev–Trinajstić information content (AvgIpc) is 3.10. The first kappa shape index (κ1) is 20.2. The maximum absolute atomic E-state index is 12.7. The monoisotopic (exact) mass is 427 g/mol. The van der Waals surface area contributed by atoms with Crippen LogP contribution in [0.2, 0.25) is 0 Å². The van der Waals surface area contributed by atoms with Gasteiger partial charge in [0.15, 0.2) is 4.96 Å². The van der Waals surface area contributed by atoms with Crippen molar-refractivity contribution in [1.82, 2.24) is 9.38 Å². The molecule has 3 aromatic rings. The van der Waals surface area contributed by atoms with E-state index in [2.05, 4.69) is 12.2 Å². The van der Waals surface area contributed by atoms with Crippen LogP contribution in [0.4, 0.5) is 5.69 Å². The quantitative estimate of drug-likeness (QED) is 0.536. The second kappa shape index (κ2) is 9.13. The third-order valence-corrected chi connectivity index (χ3v) is 7.36. The molecule has 5 nitrogen and oxygen atoms in total. The van der Waals surface area contributed by atoms with Crippen molar-refractivity contribution in [2.24, 2.45) is 0 Å². The van der Waals surface area contributed by atoms with Crippen molar-refractivity contribution in [2.45, 2.75) is 62.5 Å². The maximum atomic E-state index is 12.7. The minimum Gasteiger partial charge on any atom is -0.325 e. The molecule has 1 aliphatic carbocycles. The lowest BCUT2D eigenvalue weighted by Crippen LogP contribution is -2.17. The number of carbonyl (C=O) groups excluding carboxylic acids is 1. The van der Waals surface area contributed by atoms with E-state index in [1.807, 2.05) is 24.3 Å². The molecule has 2 aromatic heterocycles. The van der Waals surface area contributed by atoms with Crippen LogP contribution in [0.1, 0.15) is 55.3 Å². The van der Waals surface area contributed by atoms with Crippen LogP contribution in [0.25, 0.3) is 4.96 Å². The van der Waals surface area contributed by atoms with Crippen LogP contribution in [0.15, 0.2) is 40.0 Å². The Labute approximate surface area is 178 Å². The van der Waals surface area contributed by atoms with E-state index in [0.717, 1.165) is 59.0 Å². The number of thiazole rings is 1. The van der Waals surface area contributed by atoms with Crippen molar-refractivity contribution in [1.29, 1.82) is 0 Å². The van der Waals surface area contributed by atoms with Crippen molar-refractivity contribution in [2.75, 3.05) is 5.32 Å². The number of fused-ring (bicyclic) bond motifs is 3. The highest BCUT2D eigenvalue weighted by Gasteiger charge is 2.18. The number of hydrogen-bond acceptors (Lipinski definition) is 5. The smallest absolute Gasteiger partial charge is 0.259 e. The van der Waals surface area contributed by atoms with Gasteiger partial charge in [-0.15, -0.1) is 23.1 Å². The Bertz CT molecular complexity index is 1090. The lowest BCUT2D eigenvalue weighted by atomic mass is 10.0. The number of para-hydroxylation sites is 1. The predicted octanol–water partition coefficient (Wildman–Crippen LogP) is 5.06. The van der Waals surface area contributed by atoms with Crippen molar-refractivity contribution in [3.05, 3.63) is 57.0 Å². The summed E-state index contributed by atoms with van der Waals surface area (Å²) in [4.78, 5) is 32.7. The summed E-state index contributed by atoms with van der Waals surface area (Å²) in [5.74, 6) is 0.637. The predicted molar refractivity (Wildman–Crippen MR) is 120 cm³/mol. The van der Waals surface area contributed by atoms with Gasteiger partial charge in [-0.2, -0.15) is 0 Å². The molecular weight excluding hydrogens is 402 g/mol. The Kier molecular flexibility index (Phi) is 6.35. The third-order valence-electron chi connectivity index (χ3n) is 5.11. The van der Waals surface area contributed by atoms with Gasteiger partial charge < -0.3 is 5.32 Å².